The second-order valence-corrected chi connectivity index (χ2v) is 14.7. The van der Waals surface area contributed by atoms with Gasteiger partial charge >= 0.3 is 11.9 Å². The molecule has 0 N–H and O–H groups in total. The van der Waals surface area contributed by atoms with Crippen LogP contribution < -0.4 is 4.74 Å². The van der Waals surface area contributed by atoms with Crippen LogP contribution in [0.4, 0.5) is 0 Å². The van der Waals surface area contributed by atoms with Crippen LogP contribution in [0.25, 0.3) is 0 Å². The van der Waals surface area contributed by atoms with Crippen molar-refractivity contribution in [3.05, 3.63) is 65.7 Å². The van der Waals surface area contributed by atoms with Gasteiger partial charge in [-0.15, -0.1) is 0 Å². The van der Waals surface area contributed by atoms with Crippen molar-refractivity contribution in [1.29, 1.82) is 0 Å². The predicted molar refractivity (Wildman–Crippen MR) is 166 cm³/mol. The van der Waals surface area contributed by atoms with Crippen molar-refractivity contribution in [2.24, 2.45) is 46.3 Å². The van der Waals surface area contributed by atoms with Crippen molar-refractivity contribution < 1.29 is 19.1 Å². The predicted octanol–water partition coefficient (Wildman–Crippen LogP) is 9.53. The van der Waals surface area contributed by atoms with Crippen LogP contribution in [0.2, 0.25) is 0 Å². The van der Waals surface area contributed by atoms with Gasteiger partial charge in [0.25, 0.3) is 0 Å². The van der Waals surface area contributed by atoms with Crippen molar-refractivity contribution in [3.63, 3.8) is 0 Å². The minimum absolute atomic E-state index is 0.0190. The molecular formula is C38H50O4. The summed E-state index contributed by atoms with van der Waals surface area (Å²) in [6, 6.07) is 15.7. The lowest BCUT2D eigenvalue weighted by Gasteiger charge is -2.61. The summed E-state index contributed by atoms with van der Waals surface area (Å²) in [7, 11) is 0. The number of ether oxygens (including phenoxy) is 2. The lowest BCUT2D eigenvalue weighted by molar-refractivity contribution is -0.130. The quantitative estimate of drug-likeness (QED) is 0.246. The average molecular weight is 571 g/mol. The molecule has 4 nitrogen and oxygen atoms in total. The molecule has 0 saturated heterocycles. The number of hydrogen-bond donors (Lipinski definition) is 0. The van der Waals surface area contributed by atoms with Gasteiger partial charge in [0.15, 0.2) is 0 Å². The Bertz CT molecular complexity index is 1250. The lowest BCUT2D eigenvalue weighted by atomic mass is 9.44. The Morgan fingerprint density at radius 2 is 1.48 bits per heavy atom. The van der Waals surface area contributed by atoms with Crippen molar-refractivity contribution in [1.82, 2.24) is 0 Å². The summed E-state index contributed by atoms with van der Waals surface area (Å²) in [5.41, 5.74) is 1.82. The van der Waals surface area contributed by atoms with Crippen molar-refractivity contribution in [2.45, 2.75) is 104 Å². The van der Waals surface area contributed by atoms with Gasteiger partial charge in [-0.1, -0.05) is 58.7 Å². The molecule has 0 spiro atoms. The van der Waals surface area contributed by atoms with E-state index in [9.17, 15) is 9.59 Å². The maximum atomic E-state index is 13.1. The molecule has 5 unspecified atom stereocenters. The summed E-state index contributed by atoms with van der Waals surface area (Å²) in [6.45, 7) is 10.1. The van der Waals surface area contributed by atoms with Crippen LogP contribution in [0.1, 0.15) is 119 Å². The monoisotopic (exact) mass is 570 g/mol. The zero-order valence-corrected chi connectivity index (χ0v) is 26.1. The number of carbonyl (C=O) groups excluding carboxylic acids is 2. The molecule has 0 heterocycles. The minimum Gasteiger partial charge on any atom is -0.459 e. The molecule has 4 aliphatic carbocycles. The maximum absolute atomic E-state index is 13.1. The van der Waals surface area contributed by atoms with Crippen LogP contribution in [0.3, 0.4) is 0 Å². The highest BCUT2D eigenvalue weighted by molar-refractivity contribution is 5.94. The number of fused-ring (bicyclic) bond motifs is 5. The van der Waals surface area contributed by atoms with Gasteiger partial charge in [-0.2, -0.15) is 0 Å². The van der Waals surface area contributed by atoms with E-state index >= 15 is 0 Å². The highest BCUT2D eigenvalue weighted by Crippen LogP contribution is 2.68. The number of para-hydroxylation sites is 1. The normalized spacial score (nSPS) is 36.2. The standard InChI is InChI=1S/C38H50O4/c1-5-9-25(2)32-18-19-33-31-17-16-28-24-30(20-22-37(28,3)34(31)21-23-38(32,33)4)42-36(40)27-14-12-26(13-15-27)35(39)41-29-10-7-6-8-11-29/h6-8,10-15,25,28,30-34H,5,9,16-24H2,1-4H3/t25-,28?,30?,31?,32-,33?,34?,37+,38-/m1/s1. The molecular weight excluding hydrogens is 520 g/mol. The van der Waals surface area contributed by atoms with Gasteiger partial charge in [-0.3, -0.25) is 0 Å². The fourth-order valence-corrected chi connectivity index (χ4v) is 10.6. The fourth-order valence-electron chi connectivity index (χ4n) is 10.6. The molecule has 0 aliphatic heterocycles. The zero-order chi connectivity index (χ0) is 29.5. The van der Waals surface area contributed by atoms with Gasteiger partial charge in [-0.25, -0.2) is 9.59 Å². The molecule has 0 radical (unpaired) electrons. The van der Waals surface area contributed by atoms with Crippen molar-refractivity contribution in [2.75, 3.05) is 0 Å². The van der Waals surface area contributed by atoms with Crippen LogP contribution >= 0.6 is 0 Å². The Labute approximate surface area is 253 Å². The summed E-state index contributed by atoms with van der Waals surface area (Å²) in [4.78, 5) is 25.6. The first kappa shape index (κ1) is 29.5. The van der Waals surface area contributed by atoms with Crippen LogP contribution in [-0.4, -0.2) is 18.0 Å². The molecule has 4 fully saturated rings. The molecule has 6 rings (SSSR count). The number of hydrogen-bond acceptors (Lipinski definition) is 4. The van der Waals surface area contributed by atoms with Crippen LogP contribution in [-0.2, 0) is 4.74 Å². The van der Waals surface area contributed by atoms with Gasteiger partial charge in [0.1, 0.15) is 11.9 Å². The number of rotatable bonds is 7. The third-order valence-corrected chi connectivity index (χ3v) is 12.7. The van der Waals surface area contributed by atoms with E-state index in [4.69, 9.17) is 9.47 Å². The Hall–Kier alpha value is -2.62. The lowest BCUT2D eigenvalue weighted by Crippen LogP contribution is -2.54. The first-order valence-electron chi connectivity index (χ1n) is 16.8. The van der Waals surface area contributed by atoms with E-state index in [-0.39, 0.29) is 12.1 Å². The number of benzene rings is 2. The summed E-state index contributed by atoms with van der Waals surface area (Å²) in [5.74, 6) is 4.81. The number of carbonyl (C=O) groups is 2. The van der Waals surface area contributed by atoms with E-state index in [0.717, 1.165) is 42.4 Å². The fraction of sp³-hybridized carbons (Fsp3) is 0.632. The first-order chi connectivity index (χ1) is 20.2. The van der Waals surface area contributed by atoms with E-state index in [0.29, 0.717) is 33.6 Å². The largest absolute Gasteiger partial charge is 0.459 e. The highest BCUT2D eigenvalue weighted by Gasteiger charge is 2.60. The van der Waals surface area contributed by atoms with Crippen molar-refractivity contribution >= 4 is 11.9 Å². The second kappa shape index (κ2) is 11.8. The van der Waals surface area contributed by atoms with Crippen molar-refractivity contribution in [3.8, 4) is 5.75 Å². The Kier molecular flexibility index (Phi) is 8.28. The summed E-state index contributed by atoms with van der Waals surface area (Å²) < 4.78 is 11.5. The molecule has 226 valence electrons. The summed E-state index contributed by atoms with van der Waals surface area (Å²) in [6.07, 6.45) is 14.1. The summed E-state index contributed by atoms with van der Waals surface area (Å²) >= 11 is 0. The molecule has 42 heavy (non-hydrogen) atoms. The SMILES string of the molecule is CCC[C@@H](C)[C@H]1CCC2C3CCC4CC(OC(=O)c5ccc(C(=O)Oc6ccccc6)cc5)CC[C@]4(C)C3CC[C@@]21C. The molecule has 0 aromatic heterocycles. The third kappa shape index (κ3) is 5.33. The summed E-state index contributed by atoms with van der Waals surface area (Å²) in [5, 5.41) is 0. The highest BCUT2D eigenvalue weighted by atomic mass is 16.5. The number of esters is 2. The molecule has 2 aromatic rings. The molecule has 0 amide bonds. The van der Waals surface area contributed by atoms with Crippen LogP contribution in [0, 0.1) is 46.3 Å². The van der Waals surface area contributed by atoms with Gasteiger partial charge in [0.05, 0.1) is 11.1 Å². The van der Waals surface area contributed by atoms with E-state index in [1.54, 1.807) is 36.4 Å². The van der Waals surface area contributed by atoms with Crippen LogP contribution in [0.5, 0.6) is 5.75 Å². The molecule has 4 heteroatoms. The zero-order valence-electron chi connectivity index (χ0n) is 26.1. The van der Waals surface area contributed by atoms with Crippen LogP contribution in [0.15, 0.2) is 54.6 Å². The topological polar surface area (TPSA) is 52.6 Å². The smallest absolute Gasteiger partial charge is 0.343 e. The Morgan fingerprint density at radius 1 is 0.810 bits per heavy atom. The first-order valence-corrected chi connectivity index (χ1v) is 16.8. The van der Waals surface area contributed by atoms with E-state index in [1.807, 2.05) is 18.2 Å². The van der Waals surface area contributed by atoms with Gasteiger partial charge in [0.2, 0.25) is 0 Å². The molecule has 0 bridgehead atoms. The molecule has 9 atom stereocenters. The second-order valence-electron chi connectivity index (χ2n) is 14.7. The molecule has 2 aromatic carbocycles. The molecule has 4 saturated carbocycles. The average Bonchev–Trinajstić information content (AvgIpc) is 3.35. The van der Waals surface area contributed by atoms with E-state index in [1.165, 1.54) is 57.8 Å². The van der Waals surface area contributed by atoms with Gasteiger partial charge in [-0.05, 0) is 141 Å². The molecule has 4 aliphatic rings. The maximum Gasteiger partial charge on any atom is 0.343 e. The Balaban J connectivity index is 1.06. The minimum atomic E-state index is -0.435. The Morgan fingerprint density at radius 3 is 2.19 bits per heavy atom. The third-order valence-electron chi connectivity index (χ3n) is 12.7. The van der Waals surface area contributed by atoms with Gasteiger partial charge in [0, 0.05) is 0 Å². The van der Waals surface area contributed by atoms with E-state index in [2.05, 4.69) is 27.7 Å². The van der Waals surface area contributed by atoms with Gasteiger partial charge < -0.3 is 9.47 Å². The van der Waals surface area contributed by atoms with E-state index < -0.39 is 5.97 Å².